The van der Waals surface area contributed by atoms with Crippen molar-refractivity contribution in [1.82, 2.24) is 10.2 Å². The molecule has 3 nitrogen and oxygen atoms in total. The first-order chi connectivity index (χ1) is 9.25. The molecule has 0 aromatic heterocycles. The number of rotatable bonds is 5. The largest absolute Gasteiger partial charge is 0.355 e. The van der Waals surface area contributed by atoms with Crippen LogP contribution in [-0.2, 0) is 4.79 Å². The molecule has 0 saturated carbocycles. The Kier molecular flexibility index (Phi) is 5.73. The first-order valence-corrected chi connectivity index (χ1v) is 7.88. The fourth-order valence-electron chi connectivity index (χ4n) is 2.27. The average Bonchev–Trinajstić information content (AvgIpc) is 2.45. The monoisotopic (exact) mass is 278 g/mol. The van der Waals surface area contributed by atoms with Crippen molar-refractivity contribution in [2.24, 2.45) is 5.92 Å². The molecule has 0 atom stereocenters. The number of amides is 1. The van der Waals surface area contributed by atoms with Gasteiger partial charge in [0, 0.05) is 23.1 Å². The minimum atomic E-state index is 0.220. The lowest BCUT2D eigenvalue weighted by atomic mass is 9.96. The van der Waals surface area contributed by atoms with Crippen LogP contribution in [0.4, 0.5) is 0 Å². The van der Waals surface area contributed by atoms with Crippen LogP contribution in [0.15, 0.2) is 35.2 Å². The summed E-state index contributed by atoms with van der Waals surface area (Å²) in [5.41, 5.74) is 0. The van der Waals surface area contributed by atoms with E-state index in [1.807, 2.05) is 18.2 Å². The molecule has 1 aromatic carbocycles. The van der Waals surface area contributed by atoms with E-state index in [9.17, 15) is 4.79 Å². The fraction of sp³-hybridized carbons (Fsp3) is 0.533. The van der Waals surface area contributed by atoms with Crippen molar-refractivity contribution in [1.29, 1.82) is 0 Å². The predicted molar refractivity (Wildman–Crippen MR) is 80.4 cm³/mol. The Morgan fingerprint density at radius 2 is 2.00 bits per heavy atom. The quantitative estimate of drug-likeness (QED) is 0.662. The number of likely N-dealkylation sites (tertiary alicyclic amines) is 1. The van der Waals surface area contributed by atoms with Gasteiger partial charge < -0.3 is 10.2 Å². The zero-order valence-electron chi connectivity index (χ0n) is 11.5. The van der Waals surface area contributed by atoms with Crippen LogP contribution in [-0.4, -0.2) is 43.2 Å². The first kappa shape index (κ1) is 14.4. The zero-order chi connectivity index (χ0) is 13.5. The Bertz CT molecular complexity index is 388. The molecular formula is C15H22N2OS. The van der Waals surface area contributed by atoms with Gasteiger partial charge in [-0.3, -0.25) is 4.79 Å². The predicted octanol–water partition coefficient (Wildman–Crippen LogP) is 2.24. The Balaban J connectivity index is 1.61. The topological polar surface area (TPSA) is 32.3 Å². The average molecular weight is 278 g/mol. The third-order valence-electron chi connectivity index (χ3n) is 3.50. The first-order valence-electron chi connectivity index (χ1n) is 6.90. The summed E-state index contributed by atoms with van der Waals surface area (Å²) in [4.78, 5) is 15.5. The van der Waals surface area contributed by atoms with Gasteiger partial charge in [0.15, 0.2) is 0 Å². The lowest BCUT2D eigenvalue weighted by Gasteiger charge is -2.28. The van der Waals surface area contributed by atoms with Crippen molar-refractivity contribution in [2.45, 2.75) is 17.7 Å². The molecule has 1 fully saturated rings. The summed E-state index contributed by atoms with van der Waals surface area (Å²) in [5.74, 6) is 1.39. The van der Waals surface area contributed by atoms with E-state index in [2.05, 4.69) is 29.4 Å². The molecule has 0 bridgehead atoms. The third-order valence-corrected chi connectivity index (χ3v) is 4.52. The van der Waals surface area contributed by atoms with E-state index in [-0.39, 0.29) is 11.8 Å². The van der Waals surface area contributed by atoms with Crippen LogP contribution in [0.2, 0.25) is 0 Å². The normalized spacial score (nSPS) is 17.3. The second-order valence-corrected chi connectivity index (χ2v) is 6.20. The molecule has 4 heteroatoms. The number of benzene rings is 1. The summed E-state index contributed by atoms with van der Waals surface area (Å²) in [7, 11) is 2.12. The van der Waals surface area contributed by atoms with E-state index < -0.39 is 0 Å². The van der Waals surface area contributed by atoms with Crippen molar-refractivity contribution >= 4 is 17.7 Å². The molecule has 19 heavy (non-hydrogen) atoms. The molecule has 2 rings (SSSR count). The second kappa shape index (κ2) is 7.56. The number of hydrogen-bond acceptors (Lipinski definition) is 3. The molecule has 1 heterocycles. The Morgan fingerprint density at radius 1 is 1.32 bits per heavy atom. The summed E-state index contributed by atoms with van der Waals surface area (Å²) in [6.07, 6.45) is 1.99. The van der Waals surface area contributed by atoms with E-state index in [0.717, 1.165) is 38.2 Å². The summed E-state index contributed by atoms with van der Waals surface area (Å²) < 4.78 is 0. The molecule has 0 unspecified atom stereocenters. The highest BCUT2D eigenvalue weighted by Gasteiger charge is 2.22. The van der Waals surface area contributed by atoms with Crippen LogP contribution in [0.1, 0.15) is 12.8 Å². The molecule has 1 aliphatic rings. The highest BCUT2D eigenvalue weighted by molar-refractivity contribution is 7.99. The number of nitrogens with one attached hydrogen (secondary N) is 1. The van der Waals surface area contributed by atoms with Crippen molar-refractivity contribution in [2.75, 3.05) is 32.4 Å². The Hall–Kier alpha value is -1.00. The van der Waals surface area contributed by atoms with E-state index in [0.29, 0.717) is 0 Å². The lowest BCUT2D eigenvalue weighted by molar-refractivity contribution is -0.126. The van der Waals surface area contributed by atoms with Gasteiger partial charge >= 0.3 is 0 Å². The van der Waals surface area contributed by atoms with Gasteiger partial charge in [-0.05, 0) is 45.1 Å². The van der Waals surface area contributed by atoms with Crippen LogP contribution in [0, 0.1) is 5.92 Å². The highest BCUT2D eigenvalue weighted by Crippen LogP contribution is 2.17. The molecule has 1 aliphatic heterocycles. The smallest absolute Gasteiger partial charge is 0.223 e. The molecule has 104 valence electrons. The molecule has 1 amide bonds. The maximum atomic E-state index is 12.0. The zero-order valence-corrected chi connectivity index (χ0v) is 12.3. The Morgan fingerprint density at radius 3 is 2.68 bits per heavy atom. The summed E-state index contributed by atoms with van der Waals surface area (Å²) >= 11 is 1.79. The molecule has 0 aliphatic carbocycles. The second-order valence-electron chi connectivity index (χ2n) is 5.03. The maximum absolute atomic E-state index is 12.0. The standard InChI is InChI=1S/C15H22N2OS/c1-17-10-7-13(8-11-17)15(18)16-9-12-19-14-5-3-2-4-6-14/h2-6,13H,7-12H2,1H3,(H,16,18). The minimum absolute atomic E-state index is 0.220. The number of thioether (sulfide) groups is 1. The van der Waals surface area contributed by atoms with Crippen molar-refractivity contribution in [3.63, 3.8) is 0 Å². The third kappa shape index (κ3) is 4.88. The van der Waals surface area contributed by atoms with E-state index >= 15 is 0 Å². The lowest BCUT2D eigenvalue weighted by Crippen LogP contribution is -2.39. The van der Waals surface area contributed by atoms with Gasteiger partial charge in [0.25, 0.3) is 0 Å². The van der Waals surface area contributed by atoms with Gasteiger partial charge in [-0.15, -0.1) is 11.8 Å². The van der Waals surface area contributed by atoms with Crippen LogP contribution in [0.5, 0.6) is 0 Å². The van der Waals surface area contributed by atoms with Crippen molar-refractivity contribution in [3.05, 3.63) is 30.3 Å². The molecule has 1 saturated heterocycles. The van der Waals surface area contributed by atoms with E-state index in [1.54, 1.807) is 11.8 Å². The fourth-order valence-corrected chi connectivity index (χ4v) is 3.06. The SMILES string of the molecule is CN1CCC(C(=O)NCCSc2ccccc2)CC1. The van der Waals surface area contributed by atoms with Crippen LogP contribution in [0.25, 0.3) is 0 Å². The maximum Gasteiger partial charge on any atom is 0.223 e. The molecule has 1 aromatic rings. The highest BCUT2D eigenvalue weighted by atomic mass is 32.2. The number of carbonyl (C=O) groups is 1. The number of nitrogens with zero attached hydrogens (tertiary/aromatic N) is 1. The van der Waals surface area contributed by atoms with Crippen LogP contribution < -0.4 is 5.32 Å². The van der Waals surface area contributed by atoms with E-state index in [4.69, 9.17) is 0 Å². The molecular weight excluding hydrogens is 256 g/mol. The van der Waals surface area contributed by atoms with E-state index in [1.165, 1.54) is 4.90 Å². The van der Waals surface area contributed by atoms with Gasteiger partial charge in [-0.1, -0.05) is 18.2 Å². The summed E-state index contributed by atoms with van der Waals surface area (Å²) in [5, 5.41) is 3.06. The van der Waals surface area contributed by atoms with Crippen LogP contribution in [0.3, 0.4) is 0 Å². The van der Waals surface area contributed by atoms with Gasteiger partial charge in [0.05, 0.1) is 0 Å². The van der Waals surface area contributed by atoms with Crippen molar-refractivity contribution in [3.8, 4) is 0 Å². The number of piperidine rings is 1. The molecule has 1 N–H and O–H groups in total. The molecule has 0 spiro atoms. The molecule has 0 radical (unpaired) electrons. The Labute approximate surface area is 119 Å². The van der Waals surface area contributed by atoms with Gasteiger partial charge in [-0.25, -0.2) is 0 Å². The summed E-state index contributed by atoms with van der Waals surface area (Å²) in [6.45, 7) is 2.83. The minimum Gasteiger partial charge on any atom is -0.355 e. The van der Waals surface area contributed by atoms with Crippen LogP contribution >= 0.6 is 11.8 Å². The van der Waals surface area contributed by atoms with Gasteiger partial charge in [0.2, 0.25) is 5.91 Å². The number of carbonyl (C=O) groups excluding carboxylic acids is 1. The summed E-state index contributed by atoms with van der Waals surface area (Å²) in [6, 6.07) is 10.3. The number of hydrogen-bond donors (Lipinski definition) is 1. The van der Waals surface area contributed by atoms with Crippen molar-refractivity contribution < 1.29 is 4.79 Å². The van der Waals surface area contributed by atoms with Gasteiger partial charge in [-0.2, -0.15) is 0 Å². The van der Waals surface area contributed by atoms with Gasteiger partial charge in [0.1, 0.15) is 0 Å².